The Kier molecular flexibility index (Phi) is 5.43. The SMILES string of the molecule is c1ccc(-c2nc(-c3ccccc3)nc(-c3cccc4oc5c(ccc6c7ccccc7n(-c7ccccc7)c65)c34)n2)cc1. The Morgan fingerprint density at radius 3 is 1.75 bits per heavy atom. The smallest absolute Gasteiger partial charge is 0.164 e. The maximum atomic E-state index is 6.76. The maximum Gasteiger partial charge on any atom is 0.164 e. The summed E-state index contributed by atoms with van der Waals surface area (Å²) in [4.78, 5) is 14.9. The number of fused-ring (bicyclic) bond motifs is 7. The minimum absolute atomic E-state index is 0.606. The molecule has 0 saturated carbocycles. The molecule has 0 bridgehead atoms. The van der Waals surface area contributed by atoms with Crippen molar-refractivity contribution in [3.05, 3.63) is 146 Å². The summed E-state index contributed by atoms with van der Waals surface area (Å²) in [5.74, 6) is 1.87. The number of aromatic nitrogens is 4. The zero-order valence-electron chi connectivity index (χ0n) is 23.6. The number of para-hydroxylation sites is 2. The summed E-state index contributed by atoms with van der Waals surface area (Å²) < 4.78 is 9.06. The van der Waals surface area contributed by atoms with Gasteiger partial charge >= 0.3 is 0 Å². The van der Waals surface area contributed by atoms with E-state index in [1.807, 2.05) is 78.9 Å². The molecule has 206 valence electrons. The Morgan fingerprint density at radius 1 is 0.455 bits per heavy atom. The highest BCUT2D eigenvalue weighted by atomic mass is 16.3. The van der Waals surface area contributed by atoms with Crippen LogP contribution in [0, 0.1) is 0 Å². The molecule has 0 aliphatic rings. The number of furan rings is 1. The van der Waals surface area contributed by atoms with Crippen molar-refractivity contribution in [2.45, 2.75) is 0 Å². The Bertz CT molecular complexity index is 2420. The third-order valence-corrected chi connectivity index (χ3v) is 8.25. The molecule has 0 aliphatic heterocycles. The highest BCUT2D eigenvalue weighted by molar-refractivity contribution is 6.23. The zero-order valence-corrected chi connectivity index (χ0v) is 23.6. The van der Waals surface area contributed by atoms with Crippen molar-refractivity contribution < 1.29 is 4.42 Å². The van der Waals surface area contributed by atoms with Crippen LogP contribution in [0.2, 0.25) is 0 Å². The number of rotatable bonds is 4. The largest absolute Gasteiger partial charge is 0.454 e. The number of benzene rings is 6. The lowest BCUT2D eigenvalue weighted by Crippen LogP contribution is -2.00. The first-order valence-corrected chi connectivity index (χ1v) is 14.6. The van der Waals surface area contributed by atoms with Gasteiger partial charge in [0.15, 0.2) is 23.1 Å². The number of hydrogen-bond acceptors (Lipinski definition) is 4. The van der Waals surface area contributed by atoms with Crippen molar-refractivity contribution >= 4 is 43.7 Å². The normalized spacial score (nSPS) is 11.6. The van der Waals surface area contributed by atoms with Gasteiger partial charge in [-0.15, -0.1) is 0 Å². The molecule has 44 heavy (non-hydrogen) atoms. The molecule has 6 aromatic carbocycles. The van der Waals surface area contributed by atoms with Gasteiger partial charge in [-0.25, -0.2) is 15.0 Å². The molecule has 0 radical (unpaired) electrons. The van der Waals surface area contributed by atoms with Crippen LogP contribution in [0.5, 0.6) is 0 Å². The minimum atomic E-state index is 0.606. The van der Waals surface area contributed by atoms with E-state index in [9.17, 15) is 0 Å². The van der Waals surface area contributed by atoms with Gasteiger partial charge in [0.2, 0.25) is 0 Å². The lowest BCUT2D eigenvalue weighted by molar-refractivity contribution is 0.671. The standard InChI is InChI=1S/C39H24N4O/c1-4-13-25(14-5-1)37-40-38(26-15-6-2-7-16-26)42-39(41-37)31-20-12-22-33-34(31)30-24-23-29-28-19-10-11-21-32(28)43(35(29)36(30)44-33)27-17-8-3-9-18-27/h1-24H. The van der Waals surface area contributed by atoms with Gasteiger partial charge in [-0.1, -0.05) is 115 Å². The van der Waals surface area contributed by atoms with Crippen LogP contribution < -0.4 is 0 Å². The second-order valence-corrected chi connectivity index (χ2v) is 10.8. The van der Waals surface area contributed by atoms with Gasteiger partial charge in [0.1, 0.15) is 5.58 Å². The predicted octanol–water partition coefficient (Wildman–Crippen LogP) is 9.87. The molecule has 5 nitrogen and oxygen atoms in total. The molecular weight excluding hydrogens is 540 g/mol. The average Bonchev–Trinajstić information content (AvgIpc) is 3.65. The van der Waals surface area contributed by atoms with Gasteiger partial charge in [-0.3, -0.25) is 0 Å². The van der Waals surface area contributed by atoms with Crippen LogP contribution in [0.25, 0.3) is 83.6 Å². The van der Waals surface area contributed by atoms with Gasteiger partial charge in [-0.05, 0) is 30.3 Å². The Balaban J connectivity index is 1.36. The topological polar surface area (TPSA) is 56.7 Å². The van der Waals surface area contributed by atoms with E-state index in [1.54, 1.807) is 0 Å². The lowest BCUT2D eigenvalue weighted by Gasteiger charge is -2.09. The fraction of sp³-hybridized carbons (Fsp3) is 0. The highest BCUT2D eigenvalue weighted by Crippen LogP contribution is 2.42. The first kappa shape index (κ1) is 24.5. The first-order valence-electron chi connectivity index (χ1n) is 14.6. The van der Waals surface area contributed by atoms with Crippen molar-refractivity contribution in [1.82, 2.24) is 19.5 Å². The van der Waals surface area contributed by atoms with Gasteiger partial charge in [-0.2, -0.15) is 0 Å². The van der Waals surface area contributed by atoms with E-state index in [4.69, 9.17) is 19.4 Å². The lowest BCUT2D eigenvalue weighted by atomic mass is 10.0. The van der Waals surface area contributed by atoms with E-state index < -0.39 is 0 Å². The molecule has 9 rings (SSSR count). The number of hydrogen-bond donors (Lipinski definition) is 0. The van der Waals surface area contributed by atoms with Crippen molar-refractivity contribution in [2.75, 3.05) is 0 Å². The Hall–Kier alpha value is -6.07. The van der Waals surface area contributed by atoms with Crippen LogP contribution in [0.1, 0.15) is 0 Å². The molecule has 5 heteroatoms. The van der Waals surface area contributed by atoms with Crippen molar-refractivity contribution in [3.8, 4) is 39.9 Å². The van der Waals surface area contributed by atoms with Gasteiger partial charge in [0, 0.05) is 43.9 Å². The first-order chi connectivity index (χ1) is 21.8. The summed E-state index contributed by atoms with van der Waals surface area (Å²) in [6.07, 6.45) is 0. The van der Waals surface area contributed by atoms with E-state index in [0.29, 0.717) is 17.5 Å². The summed E-state index contributed by atoms with van der Waals surface area (Å²) in [5, 5.41) is 4.34. The molecule has 3 heterocycles. The van der Waals surface area contributed by atoms with Crippen LogP contribution in [0.3, 0.4) is 0 Å². The van der Waals surface area contributed by atoms with Crippen molar-refractivity contribution in [3.63, 3.8) is 0 Å². The van der Waals surface area contributed by atoms with Crippen LogP contribution in [0.15, 0.2) is 150 Å². The molecule has 0 aliphatic carbocycles. The predicted molar refractivity (Wildman–Crippen MR) is 178 cm³/mol. The monoisotopic (exact) mass is 564 g/mol. The van der Waals surface area contributed by atoms with Gasteiger partial charge in [0.25, 0.3) is 0 Å². The van der Waals surface area contributed by atoms with Crippen LogP contribution >= 0.6 is 0 Å². The third-order valence-electron chi connectivity index (χ3n) is 8.25. The molecule has 0 saturated heterocycles. The van der Waals surface area contributed by atoms with Crippen molar-refractivity contribution in [2.24, 2.45) is 0 Å². The van der Waals surface area contributed by atoms with Crippen LogP contribution in [-0.4, -0.2) is 19.5 Å². The van der Waals surface area contributed by atoms with Crippen molar-refractivity contribution in [1.29, 1.82) is 0 Å². The summed E-state index contributed by atoms with van der Waals surface area (Å²) in [6, 6.07) is 49.6. The molecule has 0 amide bonds. The molecule has 9 aromatic rings. The van der Waals surface area contributed by atoms with E-state index in [-0.39, 0.29) is 0 Å². The summed E-state index contributed by atoms with van der Waals surface area (Å²) in [7, 11) is 0. The number of nitrogens with zero attached hydrogens (tertiary/aromatic N) is 4. The van der Waals surface area contributed by atoms with E-state index in [1.165, 1.54) is 5.39 Å². The third kappa shape index (κ3) is 3.76. The molecule has 0 fully saturated rings. The van der Waals surface area contributed by atoms with Gasteiger partial charge in [0.05, 0.1) is 11.0 Å². The van der Waals surface area contributed by atoms with Crippen LogP contribution in [0.4, 0.5) is 0 Å². The highest BCUT2D eigenvalue weighted by Gasteiger charge is 2.22. The molecule has 0 unspecified atom stereocenters. The average molecular weight is 565 g/mol. The Morgan fingerprint density at radius 2 is 1.05 bits per heavy atom. The summed E-state index contributed by atoms with van der Waals surface area (Å²) in [6.45, 7) is 0. The van der Waals surface area contributed by atoms with Crippen LogP contribution in [-0.2, 0) is 0 Å². The van der Waals surface area contributed by atoms with E-state index >= 15 is 0 Å². The van der Waals surface area contributed by atoms with E-state index in [2.05, 4.69) is 71.3 Å². The Labute approximate surface area is 252 Å². The second kappa shape index (κ2) is 9.75. The summed E-state index contributed by atoms with van der Waals surface area (Å²) >= 11 is 0. The second-order valence-electron chi connectivity index (χ2n) is 10.8. The molecule has 0 N–H and O–H groups in total. The minimum Gasteiger partial charge on any atom is -0.454 e. The quantitative estimate of drug-likeness (QED) is 0.213. The van der Waals surface area contributed by atoms with E-state index in [0.717, 1.165) is 60.7 Å². The molecule has 0 spiro atoms. The fourth-order valence-corrected chi connectivity index (χ4v) is 6.29. The van der Waals surface area contributed by atoms with Gasteiger partial charge < -0.3 is 8.98 Å². The molecular formula is C39H24N4O. The fourth-order valence-electron chi connectivity index (χ4n) is 6.29. The summed E-state index contributed by atoms with van der Waals surface area (Å²) in [5.41, 5.74) is 7.67. The zero-order chi connectivity index (χ0) is 29.0. The molecule has 0 atom stereocenters. The maximum absolute atomic E-state index is 6.76. The molecule has 3 aromatic heterocycles.